The number of amides is 1. The molecule has 1 unspecified atom stereocenters. The van der Waals surface area contributed by atoms with Crippen LogP contribution in [0.3, 0.4) is 0 Å². The molecule has 1 saturated heterocycles. The summed E-state index contributed by atoms with van der Waals surface area (Å²) in [5.74, 6) is -1.34. The molecule has 7 heteroatoms. The number of carbonyl (C=O) groups excluding carboxylic acids is 2. The molecular formula is C13H22N2O5. The SMILES string of the molecule is COC(=O)CN1CCN(C(=O)CC(C)CC(=O)O)CC1. The van der Waals surface area contributed by atoms with Crippen LogP contribution in [0.15, 0.2) is 0 Å². The molecule has 1 aliphatic rings. The number of ether oxygens (including phenoxy) is 1. The minimum absolute atomic E-state index is 0.00798. The van der Waals surface area contributed by atoms with E-state index in [1.165, 1.54) is 7.11 Å². The standard InChI is InChI=1S/C13H22N2O5/c1-10(8-12(17)18)7-11(16)15-5-3-14(4-6-15)9-13(19)20-2/h10H,3-9H2,1-2H3,(H,17,18). The van der Waals surface area contributed by atoms with Gasteiger partial charge in [0.15, 0.2) is 0 Å². The van der Waals surface area contributed by atoms with Gasteiger partial charge in [-0.15, -0.1) is 0 Å². The maximum atomic E-state index is 12.0. The van der Waals surface area contributed by atoms with Gasteiger partial charge in [0.05, 0.1) is 13.7 Å². The Kier molecular flexibility index (Phi) is 6.44. The van der Waals surface area contributed by atoms with Crippen LogP contribution in [-0.2, 0) is 19.1 Å². The number of hydrogen-bond donors (Lipinski definition) is 1. The molecule has 1 atom stereocenters. The first-order valence-electron chi connectivity index (χ1n) is 6.71. The number of carboxylic acids is 1. The van der Waals surface area contributed by atoms with Crippen molar-refractivity contribution in [3.8, 4) is 0 Å². The van der Waals surface area contributed by atoms with Crippen LogP contribution < -0.4 is 0 Å². The molecule has 1 heterocycles. The third kappa shape index (κ3) is 5.56. The highest BCUT2D eigenvalue weighted by atomic mass is 16.5. The first-order chi connectivity index (χ1) is 9.42. The van der Waals surface area contributed by atoms with Gasteiger partial charge in [-0.2, -0.15) is 0 Å². The van der Waals surface area contributed by atoms with Crippen LogP contribution in [-0.4, -0.2) is 72.6 Å². The number of rotatable bonds is 6. The quantitative estimate of drug-likeness (QED) is 0.681. The van der Waals surface area contributed by atoms with E-state index < -0.39 is 5.97 Å². The molecule has 0 radical (unpaired) electrons. The van der Waals surface area contributed by atoms with Crippen molar-refractivity contribution in [3.63, 3.8) is 0 Å². The van der Waals surface area contributed by atoms with Gasteiger partial charge in [0, 0.05) is 39.0 Å². The number of methoxy groups -OCH3 is 1. The molecule has 0 aromatic rings. The van der Waals surface area contributed by atoms with Crippen LogP contribution in [0.2, 0.25) is 0 Å². The number of carboxylic acid groups (broad SMARTS) is 1. The van der Waals surface area contributed by atoms with Crippen molar-refractivity contribution in [2.45, 2.75) is 19.8 Å². The lowest BCUT2D eigenvalue weighted by molar-refractivity contribution is -0.142. The molecule has 0 spiro atoms. The Bertz CT molecular complexity index is 364. The predicted octanol–water partition coefficient (Wildman–Crippen LogP) is -0.195. The molecule has 0 aliphatic carbocycles. The number of esters is 1. The highest BCUT2D eigenvalue weighted by molar-refractivity contribution is 5.77. The van der Waals surface area contributed by atoms with E-state index in [1.807, 2.05) is 4.90 Å². The van der Waals surface area contributed by atoms with Crippen LogP contribution in [0.4, 0.5) is 0 Å². The zero-order valence-corrected chi connectivity index (χ0v) is 12.0. The molecule has 1 fully saturated rings. The van der Waals surface area contributed by atoms with Gasteiger partial charge in [0.2, 0.25) is 5.91 Å². The minimum Gasteiger partial charge on any atom is -0.481 e. The van der Waals surface area contributed by atoms with Crippen molar-refractivity contribution in [3.05, 3.63) is 0 Å². The zero-order chi connectivity index (χ0) is 15.1. The first kappa shape index (κ1) is 16.4. The molecule has 0 saturated carbocycles. The molecule has 1 rings (SSSR count). The summed E-state index contributed by atoms with van der Waals surface area (Å²) >= 11 is 0. The average Bonchev–Trinajstić information content (AvgIpc) is 2.38. The van der Waals surface area contributed by atoms with Gasteiger partial charge in [-0.3, -0.25) is 19.3 Å². The monoisotopic (exact) mass is 286 g/mol. The van der Waals surface area contributed by atoms with Crippen LogP contribution in [0.25, 0.3) is 0 Å². The summed E-state index contributed by atoms with van der Waals surface area (Å²) < 4.78 is 4.60. The molecule has 1 N–H and O–H groups in total. The average molecular weight is 286 g/mol. The normalized spacial score (nSPS) is 17.6. The Hall–Kier alpha value is -1.63. The fourth-order valence-electron chi connectivity index (χ4n) is 2.20. The summed E-state index contributed by atoms with van der Waals surface area (Å²) in [7, 11) is 1.35. The maximum Gasteiger partial charge on any atom is 0.319 e. The van der Waals surface area contributed by atoms with E-state index in [4.69, 9.17) is 5.11 Å². The lowest BCUT2D eigenvalue weighted by Crippen LogP contribution is -2.50. The lowest BCUT2D eigenvalue weighted by Gasteiger charge is -2.34. The molecule has 114 valence electrons. The van der Waals surface area contributed by atoms with E-state index in [0.717, 1.165) is 0 Å². The van der Waals surface area contributed by atoms with Crippen molar-refractivity contribution in [2.75, 3.05) is 39.8 Å². The Morgan fingerprint density at radius 2 is 1.75 bits per heavy atom. The summed E-state index contributed by atoms with van der Waals surface area (Å²) in [6.45, 7) is 4.40. The Morgan fingerprint density at radius 1 is 1.15 bits per heavy atom. The van der Waals surface area contributed by atoms with E-state index in [9.17, 15) is 14.4 Å². The van der Waals surface area contributed by atoms with Crippen molar-refractivity contribution in [2.24, 2.45) is 5.92 Å². The fourth-order valence-corrected chi connectivity index (χ4v) is 2.20. The third-order valence-corrected chi connectivity index (χ3v) is 3.35. The van der Waals surface area contributed by atoms with Crippen molar-refractivity contribution >= 4 is 17.8 Å². The number of nitrogens with zero attached hydrogens (tertiary/aromatic N) is 2. The van der Waals surface area contributed by atoms with Gasteiger partial charge >= 0.3 is 11.9 Å². The van der Waals surface area contributed by atoms with Crippen LogP contribution >= 0.6 is 0 Å². The largest absolute Gasteiger partial charge is 0.481 e. The first-order valence-corrected chi connectivity index (χ1v) is 6.71. The van der Waals surface area contributed by atoms with E-state index in [2.05, 4.69) is 4.74 Å². The summed E-state index contributed by atoms with van der Waals surface area (Å²) in [6.07, 6.45) is 0.261. The van der Waals surface area contributed by atoms with Crippen molar-refractivity contribution in [1.29, 1.82) is 0 Å². The minimum atomic E-state index is -0.881. The van der Waals surface area contributed by atoms with Gasteiger partial charge in [-0.05, 0) is 5.92 Å². The molecule has 1 amide bonds. The topological polar surface area (TPSA) is 87.2 Å². The van der Waals surface area contributed by atoms with Crippen molar-refractivity contribution in [1.82, 2.24) is 9.80 Å². The zero-order valence-electron chi connectivity index (χ0n) is 12.0. The smallest absolute Gasteiger partial charge is 0.319 e. The molecule has 7 nitrogen and oxygen atoms in total. The Morgan fingerprint density at radius 3 is 2.25 bits per heavy atom. The van der Waals surface area contributed by atoms with Crippen molar-refractivity contribution < 1.29 is 24.2 Å². The predicted molar refractivity (Wildman–Crippen MR) is 71.1 cm³/mol. The van der Waals surface area contributed by atoms with Crippen LogP contribution in [0.1, 0.15) is 19.8 Å². The van der Waals surface area contributed by atoms with Crippen LogP contribution in [0, 0.1) is 5.92 Å². The molecule has 0 bridgehead atoms. The highest BCUT2D eigenvalue weighted by Gasteiger charge is 2.24. The second-order valence-electron chi connectivity index (χ2n) is 5.14. The molecule has 1 aliphatic heterocycles. The number of carbonyl (C=O) groups is 3. The number of piperazine rings is 1. The number of hydrogen-bond acceptors (Lipinski definition) is 5. The molecule has 0 aromatic carbocycles. The summed E-state index contributed by atoms with van der Waals surface area (Å²) in [6, 6.07) is 0. The molecular weight excluding hydrogens is 264 g/mol. The van der Waals surface area contributed by atoms with E-state index >= 15 is 0 Å². The van der Waals surface area contributed by atoms with Gasteiger partial charge in [0.25, 0.3) is 0 Å². The molecule has 20 heavy (non-hydrogen) atoms. The summed E-state index contributed by atoms with van der Waals surface area (Å²) in [4.78, 5) is 37.4. The van der Waals surface area contributed by atoms with Gasteiger partial charge in [-0.25, -0.2) is 0 Å². The maximum absolute atomic E-state index is 12.0. The second kappa shape index (κ2) is 7.84. The number of aliphatic carboxylic acids is 1. The lowest BCUT2D eigenvalue weighted by atomic mass is 10.0. The fraction of sp³-hybridized carbons (Fsp3) is 0.769. The van der Waals surface area contributed by atoms with E-state index in [1.54, 1.807) is 11.8 Å². The van der Waals surface area contributed by atoms with Gasteiger partial charge in [0.1, 0.15) is 0 Å². The second-order valence-corrected chi connectivity index (χ2v) is 5.14. The Labute approximate surface area is 118 Å². The summed E-state index contributed by atoms with van der Waals surface area (Å²) in [5.41, 5.74) is 0. The Balaban J connectivity index is 2.32. The van der Waals surface area contributed by atoms with Gasteiger partial charge in [-0.1, -0.05) is 6.92 Å². The van der Waals surface area contributed by atoms with Crippen LogP contribution in [0.5, 0.6) is 0 Å². The summed E-state index contributed by atoms with van der Waals surface area (Å²) in [5, 5.41) is 8.67. The van der Waals surface area contributed by atoms with E-state index in [0.29, 0.717) is 26.2 Å². The highest BCUT2D eigenvalue weighted by Crippen LogP contribution is 2.11. The van der Waals surface area contributed by atoms with E-state index in [-0.39, 0.29) is 37.2 Å². The van der Waals surface area contributed by atoms with Gasteiger partial charge < -0.3 is 14.7 Å². The molecule has 0 aromatic heterocycles. The third-order valence-electron chi connectivity index (χ3n) is 3.35.